The first-order chi connectivity index (χ1) is 10.1. The maximum atomic E-state index is 6.04. The number of aryl methyl sites for hydroxylation is 2. The molecule has 0 atom stereocenters. The van der Waals surface area contributed by atoms with Gasteiger partial charge in [0.25, 0.3) is 0 Å². The Labute approximate surface area is 131 Å². The molecule has 0 saturated carbocycles. The highest BCUT2D eigenvalue weighted by Crippen LogP contribution is 2.39. The standard InChI is InChI=1S/C17H15BrN2O/c1-10-5-3-6-11(2)14(10)16-15(17(19)20-21-16)12-7-4-8-13(18)9-12/h3-9H,1-2H3,(H2,19,20). The lowest BCUT2D eigenvalue weighted by Gasteiger charge is -2.09. The Morgan fingerprint density at radius 3 is 2.33 bits per heavy atom. The van der Waals surface area contributed by atoms with Gasteiger partial charge in [-0.2, -0.15) is 0 Å². The van der Waals surface area contributed by atoms with E-state index in [1.165, 1.54) is 0 Å². The molecule has 3 nitrogen and oxygen atoms in total. The molecular formula is C17H15BrN2O. The number of benzene rings is 2. The second kappa shape index (κ2) is 5.37. The Bertz CT molecular complexity index is 788. The van der Waals surface area contributed by atoms with Gasteiger partial charge in [0, 0.05) is 10.0 Å². The third-order valence-corrected chi connectivity index (χ3v) is 4.03. The Balaban J connectivity index is 2.27. The quantitative estimate of drug-likeness (QED) is 0.715. The van der Waals surface area contributed by atoms with Crippen molar-refractivity contribution in [1.29, 1.82) is 0 Å². The number of hydrogen-bond acceptors (Lipinski definition) is 3. The molecule has 1 heterocycles. The van der Waals surface area contributed by atoms with Crippen molar-refractivity contribution in [3.05, 3.63) is 58.1 Å². The van der Waals surface area contributed by atoms with Gasteiger partial charge in [0.2, 0.25) is 0 Å². The van der Waals surface area contributed by atoms with E-state index in [2.05, 4.69) is 47.1 Å². The number of hydrogen-bond donors (Lipinski definition) is 1. The number of nitrogen functional groups attached to an aromatic ring is 1. The molecule has 106 valence electrons. The second-order valence-corrected chi connectivity index (χ2v) is 5.96. The van der Waals surface area contributed by atoms with Gasteiger partial charge in [-0.1, -0.05) is 51.4 Å². The zero-order valence-electron chi connectivity index (χ0n) is 11.9. The fourth-order valence-electron chi connectivity index (χ4n) is 2.57. The van der Waals surface area contributed by atoms with Crippen LogP contribution in [0.5, 0.6) is 0 Å². The highest BCUT2D eigenvalue weighted by atomic mass is 79.9. The Morgan fingerprint density at radius 2 is 1.67 bits per heavy atom. The summed E-state index contributed by atoms with van der Waals surface area (Å²) in [5, 5.41) is 3.97. The maximum Gasteiger partial charge on any atom is 0.177 e. The van der Waals surface area contributed by atoms with E-state index in [4.69, 9.17) is 10.3 Å². The van der Waals surface area contributed by atoms with E-state index >= 15 is 0 Å². The lowest BCUT2D eigenvalue weighted by atomic mass is 9.95. The molecule has 3 aromatic rings. The van der Waals surface area contributed by atoms with Gasteiger partial charge in [-0.05, 0) is 42.7 Å². The first kappa shape index (κ1) is 13.9. The van der Waals surface area contributed by atoms with Crippen LogP contribution in [0.1, 0.15) is 11.1 Å². The minimum atomic E-state index is 0.408. The molecule has 0 unspecified atom stereocenters. The van der Waals surface area contributed by atoms with Gasteiger partial charge < -0.3 is 10.3 Å². The van der Waals surface area contributed by atoms with Gasteiger partial charge in [0.1, 0.15) is 0 Å². The van der Waals surface area contributed by atoms with E-state index in [0.29, 0.717) is 5.82 Å². The highest BCUT2D eigenvalue weighted by Gasteiger charge is 2.20. The molecule has 0 radical (unpaired) electrons. The molecule has 21 heavy (non-hydrogen) atoms. The van der Waals surface area contributed by atoms with Crippen molar-refractivity contribution in [3.63, 3.8) is 0 Å². The van der Waals surface area contributed by atoms with Crippen LogP contribution < -0.4 is 5.73 Å². The number of nitrogens with two attached hydrogens (primary N) is 1. The zero-order chi connectivity index (χ0) is 15.0. The van der Waals surface area contributed by atoms with Crippen LogP contribution >= 0.6 is 15.9 Å². The van der Waals surface area contributed by atoms with E-state index in [0.717, 1.165) is 38.1 Å². The third-order valence-electron chi connectivity index (χ3n) is 3.54. The summed E-state index contributed by atoms with van der Waals surface area (Å²) in [7, 11) is 0. The van der Waals surface area contributed by atoms with Crippen molar-refractivity contribution in [3.8, 4) is 22.5 Å². The predicted molar refractivity (Wildman–Crippen MR) is 89.0 cm³/mol. The number of aromatic nitrogens is 1. The van der Waals surface area contributed by atoms with E-state index in [1.54, 1.807) is 0 Å². The van der Waals surface area contributed by atoms with E-state index < -0.39 is 0 Å². The summed E-state index contributed by atoms with van der Waals surface area (Å²) in [6.45, 7) is 4.12. The molecule has 0 aliphatic carbocycles. The highest BCUT2D eigenvalue weighted by molar-refractivity contribution is 9.10. The van der Waals surface area contributed by atoms with Crippen LogP contribution in [0.4, 0.5) is 5.82 Å². The van der Waals surface area contributed by atoms with Crippen LogP contribution in [0.25, 0.3) is 22.5 Å². The smallest absolute Gasteiger partial charge is 0.177 e. The maximum absolute atomic E-state index is 6.04. The van der Waals surface area contributed by atoms with Gasteiger partial charge in [-0.25, -0.2) is 0 Å². The average Bonchev–Trinajstić information content (AvgIpc) is 2.80. The molecule has 3 rings (SSSR count). The Hall–Kier alpha value is -2.07. The van der Waals surface area contributed by atoms with Gasteiger partial charge in [-0.3, -0.25) is 0 Å². The third kappa shape index (κ3) is 2.47. The Kier molecular flexibility index (Phi) is 3.55. The van der Waals surface area contributed by atoms with Gasteiger partial charge in [0.05, 0.1) is 5.56 Å². The minimum absolute atomic E-state index is 0.408. The van der Waals surface area contributed by atoms with Crippen molar-refractivity contribution in [2.45, 2.75) is 13.8 Å². The molecule has 0 aliphatic heterocycles. The van der Waals surface area contributed by atoms with Crippen LogP contribution in [-0.4, -0.2) is 5.16 Å². The summed E-state index contributed by atoms with van der Waals surface area (Å²) < 4.78 is 6.54. The van der Waals surface area contributed by atoms with Crippen molar-refractivity contribution in [1.82, 2.24) is 5.16 Å². The van der Waals surface area contributed by atoms with Crippen molar-refractivity contribution in [2.24, 2.45) is 0 Å². The lowest BCUT2D eigenvalue weighted by Crippen LogP contribution is -1.91. The van der Waals surface area contributed by atoms with E-state index in [-0.39, 0.29) is 0 Å². The van der Waals surface area contributed by atoms with Crippen LogP contribution in [0, 0.1) is 13.8 Å². The second-order valence-electron chi connectivity index (χ2n) is 5.05. The summed E-state index contributed by atoms with van der Waals surface area (Å²) in [4.78, 5) is 0. The van der Waals surface area contributed by atoms with Crippen LogP contribution in [0.3, 0.4) is 0 Å². The fourth-order valence-corrected chi connectivity index (χ4v) is 2.97. The van der Waals surface area contributed by atoms with Gasteiger partial charge in [-0.15, -0.1) is 0 Å². The van der Waals surface area contributed by atoms with Crippen LogP contribution in [-0.2, 0) is 0 Å². The summed E-state index contributed by atoms with van der Waals surface area (Å²) in [6.07, 6.45) is 0. The monoisotopic (exact) mass is 342 g/mol. The van der Waals surface area contributed by atoms with Gasteiger partial charge in [0.15, 0.2) is 11.6 Å². The molecule has 0 spiro atoms. The van der Waals surface area contributed by atoms with E-state index in [1.807, 2.05) is 30.3 Å². The van der Waals surface area contributed by atoms with E-state index in [9.17, 15) is 0 Å². The average molecular weight is 343 g/mol. The number of nitrogens with zero attached hydrogens (tertiary/aromatic N) is 1. The molecule has 0 fully saturated rings. The number of halogens is 1. The summed E-state index contributed by atoms with van der Waals surface area (Å²) >= 11 is 3.49. The predicted octanol–water partition coefficient (Wildman–Crippen LogP) is 4.97. The van der Waals surface area contributed by atoms with Crippen LogP contribution in [0.2, 0.25) is 0 Å². The number of rotatable bonds is 2. The topological polar surface area (TPSA) is 52.0 Å². The first-order valence-electron chi connectivity index (χ1n) is 6.65. The molecule has 2 N–H and O–H groups in total. The summed E-state index contributed by atoms with van der Waals surface area (Å²) in [5.74, 6) is 1.13. The largest absolute Gasteiger partial charge is 0.380 e. The van der Waals surface area contributed by atoms with Gasteiger partial charge >= 0.3 is 0 Å². The van der Waals surface area contributed by atoms with Crippen LogP contribution in [0.15, 0.2) is 51.5 Å². The molecular weight excluding hydrogens is 328 g/mol. The zero-order valence-corrected chi connectivity index (χ0v) is 13.4. The molecule has 0 amide bonds. The molecule has 1 aromatic heterocycles. The number of anilines is 1. The van der Waals surface area contributed by atoms with Crippen molar-refractivity contribution >= 4 is 21.7 Å². The molecule has 0 aliphatic rings. The minimum Gasteiger partial charge on any atom is -0.380 e. The summed E-state index contributed by atoms with van der Waals surface area (Å²) in [6, 6.07) is 14.1. The SMILES string of the molecule is Cc1cccc(C)c1-c1onc(N)c1-c1cccc(Br)c1. The lowest BCUT2D eigenvalue weighted by molar-refractivity contribution is 0.435. The molecule has 2 aromatic carbocycles. The summed E-state index contributed by atoms with van der Waals surface area (Å²) in [5.41, 5.74) is 11.2. The molecule has 0 bridgehead atoms. The van der Waals surface area contributed by atoms with Crippen molar-refractivity contribution in [2.75, 3.05) is 5.73 Å². The molecule has 4 heteroatoms. The molecule has 0 saturated heterocycles. The Morgan fingerprint density at radius 1 is 1.00 bits per heavy atom. The normalized spacial score (nSPS) is 10.8. The van der Waals surface area contributed by atoms with Crippen molar-refractivity contribution < 1.29 is 4.52 Å². The first-order valence-corrected chi connectivity index (χ1v) is 7.45. The fraction of sp³-hybridized carbons (Fsp3) is 0.118.